The summed E-state index contributed by atoms with van der Waals surface area (Å²) in [5, 5.41) is 17.4. The molecule has 0 saturated heterocycles. The van der Waals surface area contributed by atoms with Gasteiger partial charge in [0.1, 0.15) is 11.8 Å². The summed E-state index contributed by atoms with van der Waals surface area (Å²) < 4.78 is 0. The average Bonchev–Trinajstić information content (AvgIpc) is 3.26. The number of nitrogens with two attached hydrogens (primary N) is 1. The molecule has 0 saturated carbocycles. The van der Waals surface area contributed by atoms with Crippen molar-refractivity contribution in [2.45, 2.75) is 0 Å². The van der Waals surface area contributed by atoms with Gasteiger partial charge in [-0.1, -0.05) is 11.6 Å². The summed E-state index contributed by atoms with van der Waals surface area (Å²) in [6.07, 6.45) is 3.36. The van der Waals surface area contributed by atoms with E-state index in [-0.39, 0.29) is 11.5 Å². The highest BCUT2D eigenvalue weighted by atomic mass is 35.5. The van der Waals surface area contributed by atoms with E-state index in [4.69, 9.17) is 17.3 Å². The van der Waals surface area contributed by atoms with Crippen LogP contribution in [0, 0.1) is 11.3 Å². The summed E-state index contributed by atoms with van der Waals surface area (Å²) in [6.45, 7) is 0. The summed E-state index contributed by atoms with van der Waals surface area (Å²) >= 11 is 7.73. The molecular formula is C15H8ClN7S. The van der Waals surface area contributed by atoms with Crippen LogP contribution in [0.2, 0.25) is 5.02 Å². The summed E-state index contributed by atoms with van der Waals surface area (Å²) in [5.74, 6) is 0.0835. The van der Waals surface area contributed by atoms with E-state index in [0.717, 1.165) is 21.3 Å². The SMILES string of the molecule is N#Cc1nc(-c2cc(Cl)c3[nH]ncc3c2)c(-c2cncs2)nc1N. The second kappa shape index (κ2) is 5.56. The molecule has 0 radical (unpaired) electrons. The summed E-state index contributed by atoms with van der Waals surface area (Å²) in [7, 11) is 0. The van der Waals surface area contributed by atoms with Gasteiger partial charge in [-0.15, -0.1) is 11.3 Å². The number of fused-ring (bicyclic) bond motifs is 1. The number of hydrogen-bond acceptors (Lipinski definition) is 7. The van der Waals surface area contributed by atoms with Crippen molar-refractivity contribution < 1.29 is 0 Å². The number of nitrogens with zero attached hydrogens (tertiary/aromatic N) is 5. The Labute approximate surface area is 144 Å². The molecule has 0 atom stereocenters. The molecule has 3 aromatic heterocycles. The predicted molar refractivity (Wildman–Crippen MR) is 92.4 cm³/mol. The molecule has 3 heterocycles. The number of nitrogen functional groups attached to an aromatic ring is 1. The van der Waals surface area contributed by atoms with E-state index in [1.807, 2.05) is 12.1 Å². The van der Waals surface area contributed by atoms with Gasteiger partial charge >= 0.3 is 0 Å². The lowest BCUT2D eigenvalue weighted by Crippen LogP contribution is -2.02. The van der Waals surface area contributed by atoms with E-state index < -0.39 is 0 Å². The Balaban J connectivity index is 2.03. The fourth-order valence-corrected chi connectivity index (χ4v) is 3.27. The minimum absolute atomic E-state index is 0.0710. The molecule has 0 aliphatic rings. The first-order valence-electron chi connectivity index (χ1n) is 6.77. The number of H-pyrrole nitrogens is 1. The van der Waals surface area contributed by atoms with Gasteiger partial charge in [0.2, 0.25) is 0 Å². The Hall–Kier alpha value is -3.02. The first-order valence-corrected chi connectivity index (χ1v) is 8.02. The monoisotopic (exact) mass is 353 g/mol. The van der Waals surface area contributed by atoms with E-state index in [2.05, 4.69) is 25.1 Å². The number of aromatic amines is 1. The van der Waals surface area contributed by atoms with Crippen LogP contribution in [0.1, 0.15) is 5.69 Å². The van der Waals surface area contributed by atoms with E-state index in [1.54, 1.807) is 24.0 Å². The van der Waals surface area contributed by atoms with Gasteiger partial charge in [-0.05, 0) is 12.1 Å². The molecule has 4 rings (SSSR count). The second-order valence-corrected chi connectivity index (χ2v) is 6.22. The molecule has 9 heteroatoms. The number of hydrogen-bond donors (Lipinski definition) is 2. The highest BCUT2D eigenvalue weighted by Crippen LogP contribution is 2.35. The molecule has 116 valence electrons. The zero-order valence-corrected chi connectivity index (χ0v) is 13.6. The van der Waals surface area contributed by atoms with E-state index in [0.29, 0.717) is 16.4 Å². The highest BCUT2D eigenvalue weighted by Gasteiger charge is 2.18. The van der Waals surface area contributed by atoms with Gasteiger partial charge in [-0.3, -0.25) is 10.1 Å². The van der Waals surface area contributed by atoms with Crippen LogP contribution < -0.4 is 5.73 Å². The predicted octanol–water partition coefficient (Wildman–Crippen LogP) is 3.25. The molecule has 0 bridgehead atoms. The normalized spacial score (nSPS) is 10.8. The fraction of sp³-hybridized carbons (Fsp3) is 0. The topological polar surface area (TPSA) is 117 Å². The number of anilines is 1. The summed E-state index contributed by atoms with van der Waals surface area (Å²) in [6, 6.07) is 5.61. The van der Waals surface area contributed by atoms with Crippen LogP contribution in [0.15, 0.2) is 30.0 Å². The molecule has 0 unspecified atom stereocenters. The van der Waals surface area contributed by atoms with Gasteiger partial charge in [-0.2, -0.15) is 10.4 Å². The van der Waals surface area contributed by atoms with Crippen molar-refractivity contribution in [3.63, 3.8) is 0 Å². The molecule has 3 N–H and O–H groups in total. The van der Waals surface area contributed by atoms with Crippen LogP contribution in [0.25, 0.3) is 32.7 Å². The maximum Gasteiger partial charge on any atom is 0.183 e. The van der Waals surface area contributed by atoms with Crippen molar-refractivity contribution >= 4 is 39.7 Å². The third-order valence-electron chi connectivity index (χ3n) is 3.47. The number of rotatable bonds is 2. The van der Waals surface area contributed by atoms with Gasteiger partial charge in [0, 0.05) is 17.1 Å². The number of benzene rings is 1. The number of nitriles is 1. The Kier molecular flexibility index (Phi) is 3.37. The summed E-state index contributed by atoms with van der Waals surface area (Å²) in [5.41, 5.74) is 10.2. The van der Waals surface area contributed by atoms with Gasteiger partial charge < -0.3 is 5.73 Å². The van der Waals surface area contributed by atoms with E-state index >= 15 is 0 Å². The first-order chi connectivity index (χ1) is 11.7. The minimum atomic E-state index is 0.0710. The van der Waals surface area contributed by atoms with E-state index in [9.17, 15) is 5.26 Å². The van der Waals surface area contributed by atoms with Gasteiger partial charge in [0.05, 0.1) is 32.8 Å². The highest BCUT2D eigenvalue weighted by molar-refractivity contribution is 7.13. The summed E-state index contributed by atoms with van der Waals surface area (Å²) in [4.78, 5) is 13.6. The Morgan fingerprint density at radius 3 is 2.83 bits per heavy atom. The van der Waals surface area contributed by atoms with Crippen LogP contribution in [0.4, 0.5) is 5.82 Å². The molecule has 0 spiro atoms. The van der Waals surface area contributed by atoms with E-state index in [1.165, 1.54) is 11.3 Å². The van der Waals surface area contributed by atoms with Crippen LogP contribution in [-0.2, 0) is 0 Å². The molecule has 0 aliphatic heterocycles. The minimum Gasteiger partial charge on any atom is -0.381 e. The number of thiazole rings is 1. The lowest BCUT2D eigenvalue weighted by molar-refractivity contribution is 1.12. The van der Waals surface area contributed by atoms with Crippen LogP contribution in [0.3, 0.4) is 0 Å². The van der Waals surface area contributed by atoms with Crippen molar-refractivity contribution in [1.82, 2.24) is 25.1 Å². The smallest absolute Gasteiger partial charge is 0.183 e. The van der Waals surface area contributed by atoms with Crippen LogP contribution in [-0.4, -0.2) is 25.1 Å². The van der Waals surface area contributed by atoms with Crippen molar-refractivity contribution in [2.75, 3.05) is 5.73 Å². The average molecular weight is 354 g/mol. The Bertz CT molecular complexity index is 1100. The molecule has 24 heavy (non-hydrogen) atoms. The van der Waals surface area contributed by atoms with Crippen molar-refractivity contribution in [1.29, 1.82) is 5.26 Å². The number of aromatic nitrogens is 5. The number of halogens is 1. The zero-order valence-electron chi connectivity index (χ0n) is 12.0. The van der Waals surface area contributed by atoms with Crippen LogP contribution in [0.5, 0.6) is 0 Å². The lowest BCUT2D eigenvalue weighted by atomic mass is 10.1. The second-order valence-electron chi connectivity index (χ2n) is 4.92. The molecule has 0 aliphatic carbocycles. The molecular weight excluding hydrogens is 346 g/mol. The molecule has 7 nitrogen and oxygen atoms in total. The standard InChI is InChI=1S/C15H8ClN7S/c16-9-2-7(1-8-4-20-23-12(8)9)13-14(11-5-19-6-24-11)22-15(18)10(3-17)21-13/h1-2,4-6H,(H2,18,22)(H,20,23). The van der Waals surface area contributed by atoms with Crippen LogP contribution >= 0.6 is 22.9 Å². The van der Waals surface area contributed by atoms with Gasteiger partial charge in [0.15, 0.2) is 11.5 Å². The van der Waals surface area contributed by atoms with Gasteiger partial charge in [0.25, 0.3) is 0 Å². The Morgan fingerprint density at radius 2 is 2.08 bits per heavy atom. The third kappa shape index (κ3) is 2.27. The lowest BCUT2D eigenvalue weighted by Gasteiger charge is -2.09. The van der Waals surface area contributed by atoms with Crippen molar-refractivity contribution in [3.8, 4) is 27.9 Å². The third-order valence-corrected chi connectivity index (χ3v) is 4.55. The Morgan fingerprint density at radius 1 is 1.21 bits per heavy atom. The quantitative estimate of drug-likeness (QED) is 0.571. The van der Waals surface area contributed by atoms with Crippen molar-refractivity contribution in [2.24, 2.45) is 0 Å². The maximum absolute atomic E-state index is 9.22. The molecule has 0 amide bonds. The molecule has 4 aromatic rings. The fourth-order valence-electron chi connectivity index (χ4n) is 2.39. The van der Waals surface area contributed by atoms with Gasteiger partial charge in [-0.25, -0.2) is 9.97 Å². The largest absolute Gasteiger partial charge is 0.381 e. The number of nitrogens with one attached hydrogen (secondary N) is 1. The first kappa shape index (κ1) is 14.6. The molecule has 1 aromatic carbocycles. The van der Waals surface area contributed by atoms with Crippen molar-refractivity contribution in [3.05, 3.63) is 40.8 Å². The molecule has 0 fully saturated rings. The maximum atomic E-state index is 9.22. The zero-order chi connectivity index (χ0) is 16.7.